The van der Waals surface area contributed by atoms with Gasteiger partial charge in [0.2, 0.25) is 0 Å². The van der Waals surface area contributed by atoms with Crippen molar-refractivity contribution in [2.75, 3.05) is 13.1 Å². The molecule has 1 aliphatic carbocycles. The molecule has 0 aromatic carbocycles. The maximum absolute atomic E-state index is 13.6. The highest BCUT2D eigenvalue weighted by Crippen LogP contribution is 2.30. The first kappa shape index (κ1) is 15.5. The highest BCUT2D eigenvalue weighted by atomic mass is 19.3. The summed E-state index contributed by atoms with van der Waals surface area (Å²) >= 11 is 0. The molecule has 0 spiro atoms. The highest BCUT2D eigenvalue weighted by molar-refractivity contribution is 5.98. The number of carbonyl (C=O) groups excluding carboxylic acids is 1. The van der Waals surface area contributed by atoms with Crippen LogP contribution in [0, 0.1) is 0 Å². The zero-order chi connectivity index (χ0) is 14.6. The summed E-state index contributed by atoms with van der Waals surface area (Å²) in [6.07, 6.45) is 4.79. The molecule has 0 N–H and O–H groups in total. The lowest BCUT2D eigenvalue weighted by atomic mass is 10.1. The van der Waals surface area contributed by atoms with Crippen LogP contribution in [0.5, 0.6) is 0 Å². The number of hydrogen-bond acceptors (Lipinski definition) is 1. The fourth-order valence-electron chi connectivity index (χ4n) is 1.80. The normalized spacial score (nSPS) is 20.9. The van der Waals surface area contributed by atoms with Crippen LogP contribution < -0.4 is 0 Å². The van der Waals surface area contributed by atoms with Gasteiger partial charge in [0.05, 0.1) is 18.7 Å². The van der Waals surface area contributed by atoms with Crippen LogP contribution in [0.4, 0.5) is 13.2 Å². The van der Waals surface area contributed by atoms with Gasteiger partial charge in [-0.15, -0.1) is 0 Å². The summed E-state index contributed by atoms with van der Waals surface area (Å²) in [4.78, 5) is 12.7. The third-order valence-corrected chi connectivity index (χ3v) is 2.71. The molecule has 2 aliphatic rings. The molecule has 0 unspecified atom stereocenters. The van der Waals surface area contributed by atoms with E-state index in [1.165, 1.54) is 12.2 Å². The largest absolute Gasteiger partial charge is 0.326 e. The minimum absolute atomic E-state index is 0.133. The van der Waals surface area contributed by atoms with Crippen molar-refractivity contribution in [2.45, 2.75) is 33.1 Å². The van der Waals surface area contributed by atoms with Gasteiger partial charge in [0.15, 0.2) is 0 Å². The highest BCUT2D eigenvalue weighted by Gasteiger charge is 2.46. The van der Waals surface area contributed by atoms with Crippen LogP contribution in [0.2, 0.25) is 0 Å². The van der Waals surface area contributed by atoms with E-state index in [1.807, 2.05) is 13.8 Å². The SMILES string of the molecule is CC.CC1=CC(C(=O)N2CC(F)(F)C2)=C(F)C=CC1. The van der Waals surface area contributed by atoms with Gasteiger partial charge in [0.25, 0.3) is 11.8 Å². The molecule has 0 saturated carbocycles. The van der Waals surface area contributed by atoms with E-state index in [0.29, 0.717) is 6.42 Å². The summed E-state index contributed by atoms with van der Waals surface area (Å²) in [6, 6.07) is 0. The zero-order valence-corrected chi connectivity index (χ0v) is 11.3. The number of halogens is 3. The smallest absolute Gasteiger partial charge is 0.282 e. The van der Waals surface area contributed by atoms with Crippen molar-refractivity contribution in [3.8, 4) is 0 Å². The molecule has 1 fully saturated rings. The lowest BCUT2D eigenvalue weighted by Crippen LogP contribution is -2.58. The molecule has 1 saturated heterocycles. The van der Waals surface area contributed by atoms with E-state index in [9.17, 15) is 18.0 Å². The monoisotopic (exact) mass is 273 g/mol. The fourth-order valence-corrected chi connectivity index (χ4v) is 1.80. The quantitative estimate of drug-likeness (QED) is 0.714. The van der Waals surface area contributed by atoms with Crippen molar-refractivity contribution < 1.29 is 18.0 Å². The van der Waals surface area contributed by atoms with Crippen LogP contribution >= 0.6 is 0 Å². The number of hydrogen-bond donors (Lipinski definition) is 0. The molecule has 1 amide bonds. The summed E-state index contributed by atoms with van der Waals surface area (Å²) < 4.78 is 38.8. The van der Waals surface area contributed by atoms with E-state index in [2.05, 4.69) is 0 Å². The molecule has 1 heterocycles. The Kier molecular flexibility index (Phi) is 4.97. The molecule has 0 bridgehead atoms. The lowest BCUT2D eigenvalue weighted by molar-refractivity contribution is -0.161. The first-order valence-electron chi connectivity index (χ1n) is 6.30. The number of carbonyl (C=O) groups is 1. The summed E-state index contributed by atoms with van der Waals surface area (Å²) in [5.41, 5.74) is 0.691. The summed E-state index contributed by atoms with van der Waals surface area (Å²) in [7, 11) is 0. The van der Waals surface area contributed by atoms with Gasteiger partial charge in [-0.1, -0.05) is 25.5 Å². The average molecular weight is 273 g/mol. The van der Waals surface area contributed by atoms with E-state index in [0.717, 1.165) is 10.5 Å². The van der Waals surface area contributed by atoms with Crippen molar-refractivity contribution in [2.24, 2.45) is 0 Å². The maximum Gasteiger partial charge on any atom is 0.282 e. The summed E-state index contributed by atoms with van der Waals surface area (Å²) in [5.74, 6) is -4.16. The van der Waals surface area contributed by atoms with Gasteiger partial charge >= 0.3 is 0 Å². The number of rotatable bonds is 1. The topological polar surface area (TPSA) is 20.3 Å². The Morgan fingerprint density at radius 3 is 2.42 bits per heavy atom. The Bertz CT molecular complexity index is 442. The average Bonchev–Trinajstić information content (AvgIpc) is 2.50. The maximum atomic E-state index is 13.6. The number of alkyl halides is 2. The molecular weight excluding hydrogens is 255 g/mol. The van der Waals surface area contributed by atoms with E-state index in [-0.39, 0.29) is 5.57 Å². The molecule has 106 valence electrons. The minimum atomic E-state index is -2.83. The number of nitrogens with zero attached hydrogens (tertiary/aromatic N) is 1. The molecule has 1 aliphatic heterocycles. The molecule has 0 aromatic heterocycles. The van der Waals surface area contributed by atoms with Gasteiger partial charge in [-0.3, -0.25) is 4.79 Å². The molecule has 19 heavy (non-hydrogen) atoms. The Labute approximate surface area is 111 Å². The Morgan fingerprint density at radius 2 is 1.89 bits per heavy atom. The number of likely N-dealkylation sites (tertiary alicyclic amines) is 1. The number of amides is 1. The standard InChI is InChI=1S/C12H12F3NO.C2H6/c1-8-3-2-4-10(13)9(5-8)11(17)16-6-12(14,15)7-16;1-2/h2,4-5H,3,6-7H2,1H3;1-2H3. The third kappa shape index (κ3) is 3.72. The van der Waals surface area contributed by atoms with Crippen molar-refractivity contribution in [1.82, 2.24) is 4.90 Å². The van der Waals surface area contributed by atoms with E-state index in [1.54, 1.807) is 13.0 Å². The van der Waals surface area contributed by atoms with Crippen molar-refractivity contribution >= 4 is 5.91 Å². The Balaban J connectivity index is 0.000000861. The first-order valence-corrected chi connectivity index (χ1v) is 6.30. The van der Waals surface area contributed by atoms with Crippen LogP contribution in [0.3, 0.4) is 0 Å². The van der Waals surface area contributed by atoms with Gasteiger partial charge in [-0.2, -0.15) is 0 Å². The van der Waals surface area contributed by atoms with Gasteiger partial charge in [-0.05, 0) is 25.5 Å². The molecule has 0 radical (unpaired) electrons. The van der Waals surface area contributed by atoms with E-state index in [4.69, 9.17) is 0 Å². The van der Waals surface area contributed by atoms with E-state index >= 15 is 0 Å². The second kappa shape index (κ2) is 6.08. The van der Waals surface area contributed by atoms with E-state index < -0.39 is 30.7 Å². The fraction of sp³-hybridized carbons (Fsp3) is 0.500. The molecule has 5 heteroatoms. The van der Waals surface area contributed by atoms with Crippen molar-refractivity contribution in [3.05, 3.63) is 35.2 Å². The van der Waals surface area contributed by atoms with Gasteiger partial charge in [-0.25, -0.2) is 13.2 Å². The number of allylic oxidation sites excluding steroid dienone is 4. The van der Waals surface area contributed by atoms with Crippen LogP contribution in [-0.2, 0) is 4.79 Å². The Hall–Kier alpha value is -1.52. The second-order valence-electron chi connectivity index (χ2n) is 4.38. The second-order valence-corrected chi connectivity index (χ2v) is 4.38. The summed E-state index contributed by atoms with van der Waals surface area (Å²) in [5, 5.41) is 0. The molecule has 2 nitrogen and oxygen atoms in total. The van der Waals surface area contributed by atoms with Crippen LogP contribution in [0.15, 0.2) is 35.2 Å². The van der Waals surface area contributed by atoms with Gasteiger partial charge in [0.1, 0.15) is 5.83 Å². The van der Waals surface area contributed by atoms with Crippen LogP contribution in [-0.4, -0.2) is 29.8 Å². The molecule has 2 rings (SSSR count). The Morgan fingerprint density at radius 1 is 1.32 bits per heavy atom. The van der Waals surface area contributed by atoms with Gasteiger partial charge in [0, 0.05) is 0 Å². The minimum Gasteiger partial charge on any atom is -0.326 e. The predicted octanol–water partition coefficient (Wildman–Crippen LogP) is 3.62. The molecule has 0 atom stereocenters. The molecule has 0 aromatic rings. The zero-order valence-electron chi connectivity index (χ0n) is 11.3. The van der Waals surface area contributed by atoms with Crippen LogP contribution in [0.25, 0.3) is 0 Å². The third-order valence-electron chi connectivity index (χ3n) is 2.71. The van der Waals surface area contributed by atoms with Crippen molar-refractivity contribution in [3.63, 3.8) is 0 Å². The predicted molar refractivity (Wildman–Crippen MR) is 68.5 cm³/mol. The van der Waals surface area contributed by atoms with Crippen molar-refractivity contribution in [1.29, 1.82) is 0 Å². The summed E-state index contributed by atoms with van der Waals surface area (Å²) in [6.45, 7) is 4.51. The first-order chi connectivity index (χ1) is 8.89. The van der Waals surface area contributed by atoms with Crippen LogP contribution in [0.1, 0.15) is 27.2 Å². The lowest BCUT2D eigenvalue weighted by Gasteiger charge is -2.38. The van der Waals surface area contributed by atoms with Gasteiger partial charge < -0.3 is 4.90 Å². The molecular formula is C14H18F3NO.